The van der Waals surface area contributed by atoms with Crippen LogP contribution in [0.1, 0.15) is 18.2 Å². The van der Waals surface area contributed by atoms with Crippen molar-refractivity contribution in [3.05, 3.63) is 65.9 Å². The van der Waals surface area contributed by atoms with Gasteiger partial charge < -0.3 is 15.4 Å². The van der Waals surface area contributed by atoms with E-state index in [1.807, 2.05) is 37.3 Å². The van der Waals surface area contributed by atoms with Gasteiger partial charge in [-0.15, -0.1) is 0 Å². The number of nitrogens with zero attached hydrogens (tertiary/aromatic N) is 2. The van der Waals surface area contributed by atoms with E-state index in [0.29, 0.717) is 5.95 Å². The number of aromatic nitrogens is 2. The molecular formula is C20H22N4O. The van der Waals surface area contributed by atoms with E-state index in [1.54, 1.807) is 7.11 Å². The average Bonchev–Trinajstić information content (AvgIpc) is 2.62. The number of rotatable bonds is 6. The van der Waals surface area contributed by atoms with E-state index in [9.17, 15) is 0 Å². The highest BCUT2D eigenvalue weighted by Gasteiger charge is 2.04. The van der Waals surface area contributed by atoms with E-state index in [4.69, 9.17) is 4.74 Å². The van der Waals surface area contributed by atoms with Crippen LogP contribution in [0.3, 0.4) is 0 Å². The monoisotopic (exact) mass is 334 g/mol. The van der Waals surface area contributed by atoms with Gasteiger partial charge in [0.15, 0.2) is 0 Å². The summed E-state index contributed by atoms with van der Waals surface area (Å²) in [6, 6.07) is 17.9. The first-order valence-corrected chi connectivity index (χ1v) is 8.29. The molecule has 5 heteroatoms. The summed E-state index contributed by atoms with van der Waals surface area (Å²) in [6.07, 6.45) is 1.03. The first kappa shape index (κ1) is 16.8. The first-order chi connectivity index (χ1) is 12.2. The van der Waals surface area contributed by atoms with Crippen LogP contribution >= 0.6 is 0 Å². The van der Waals surface area contributed by atoms with E-state index in [1.165, 1.54) is 5.56 Å². The molecule has 0 saturated carbocycles. The standard InChI is InChI=1S/C20H22N4O/c1-4-15-5-7-16(8-6-15)22-19-13-14(2)21-20(24-19)23-17-9-11-18(25-3)12-10-17/h5-13H,4H2,1-3H3,(H2,21,22,23,24). The van der Waals surface area contributed by atoms with Gasteiger partial charge in [-0.05, 0) is 55.3 Å². The van der Waals surface area contributed by atoms with E-state index in [-0.39, 0.29) is 0 Å². The predicted octanol–water partition coefficient (Wildman–Crippen LogP) is 4.84. The minimum atomic E-state index is 0.554. The van der Waals surface area contributed by atoms with Crippen LogP contribution in [0.4, 0.5) is 23.1 Å². The highest BCUT2D eigenvalue weighted by Crippen LogP contribution is 2.21. The lowest BCUT2D eigenvalue weighted by molar-refractivity contribution is 0.415. The van der Waals surface area contributed by atoms with Crippen molar-refractivity contribution < 1.29 is 4.74 Å². The van der Waals surface area contributed by atoms with Gasteiger partial charge in [-0.2, -0.15) is 4.98 Å². The molecule has 25 heavy (non-hydrogen) atoms. The number of hydrogen-bond acceptors (Lipinski definition) is 5. The summed E-state index contributed by atoms with van der Waals surface area (Å²) in [7, 11) is 1.65. The Morgan fingerprint density at radius 2 is 1.52 bits per heavy atom. The molecule has 0 radical (unpaired) electrons. The number of methoxy groups -OCH3 is 1. The predicted molar refractivity (Wildman–Crippen MR) is 102 cm³/mol. The van der Waals surface area contributed by atoms with Gasteiger partial charge in [-0.25, -0.2) is 4.98 Å². The Hall–Kier alpha value is -3.08. The molecule has 0 aliphatic heterocycles. The minimum Gasteiger partial charge on any atom is -0.497 e. The number of benzene rings is 2. The SMILES string of the molecule is CCc1ccc(Nc2cc(C)nc(Nc3ccc(OC)cc3)n2)cc1. The second-order valence-corrected chi connectivity index (χ2v) is 5.75. The largest absolute Gasteiger partial charge is 0.497 e. The summed E-state index contributed by atoms with van der Waals surface area (Å²) < 4.78 is 5.17. The van der Waals surface area contributed by atoms with Crippen LogP contribution in [0.2, 0.25) is 0 Å². The van der Waals surface area contributed by atoms with Crippen LogP contribution in [0.5, 0.6) is 5.75 Å². The lowest BCUT2D eigenvalue weighted by Gasteiger charge is -2.11. The molecular weight excluding hydrogens is 312 g/mol. The maximum atomic E-state index is 5.17. The molecule has 0 aliphatic rings. The van der Waals surface area contributed by atoms with Gasteiger partial charge in [0.25, 0.3) is 0 Å². The van der Waals surface area contributed by atoms with Crippen molar-refractivity contribution in [2.75, 3.05) is 17.7 Å². The highest BCUT2D eigenvalue weighted by atomic mass is 16.5. The molecule has 5 nitrogen and oxygen atoms in total. The second kappa shape index (κ2) is 7.66. The van der Waals surface area contributed by atoms with Gasteiger partial charge in [0.2, 0.25) is 5.95 Å². The van der Waals surface area contributed by atoms with Crippen LogP contribution < -0.4 is 15.4 Å². The summed E-state index contributed by atoms with van der Waals surface area (Å²) in [5, 5.41) is 6.55. The van der Waals surface area contributed by atoms with Crippen molar-refractivity contribution in [2.45, 2.75) is 20.3 Å². The number of hydrogen-bond donors (Lipinski definition) is 2. The lowest BCUT2D eigenvalue weighted by Crippen LogP contribution is -2.02. The Kier molecular flexibility index (Phi) is 5.14. The van der Waals surface area contributed by atoms with Gasteiger partial charge in [0.05, 0.1) is 7.11 Å². The van der Waals surface area contributed by atoms with Crippen LogP contribution in [0.25, 0.3) is 0 Å². The fourth-order valence-electron chi connectivity index (χ4n) is 2.46. The molecule has 0 aliphatic carbocycles. The average molecular weight is 334 g/mol. The van der Waals surface area contributed by atoms with Crippen molar-refractivity contribution in [2.24, 2.45) is 0 Å². The van der Waals surface area contributed by atoms with Crippen LogP contribution in [0, 0.1) is 6.92 Å². The summed E-state index contributed by atoms with van der Waals surface area (Å²) in [4.78, 5) is 8.99. The second-order valence-electron chi connectivity index (χ2n) is 5.75. The van der Waals surface area contributed by atoms with Crippen molar-refractivity contribution in [1.29, 1.82) is 0 Å². The Labute approximate surface area is 148 Å². The molecule has 1 heterocycles. The van der Waals surface area contributed by atoms with E-state index in [2.05, 4.69) is 51.8 Å². The fraction of sp³-hybridized carbons (Fsp3) is 0.200. The van der Waals surface area contributed by atoms with Gasteiger partial charge in [-0.3, -0.25) is 0 Å². The third-order valence-electron chi connectivity index (χ3n) is 3.83. The smallest absolute Gasteiger partial charge is 0.229 e. The lowest BCUT2D eigenvalue weighted by atomic mass is 10.1. The van der Waals surface area contributed by atoms with E-state index >= 15 is 0 Å². The summed E-state index contributed by atoms with van der Waals surface area (Å²) >= 11 is 0. The summed E-state index contributed by atoms with van der Waals surface area (Å²) in [6.45, 7) is 4.10. The third-order valence-corrected chi connectivity index (χ3v) is 3.83. The highest BCUT2D eigenvalue weighted by molar-refractivity contribution is 5.60. The van der Waals surface area contributed by atoms with Crippen LogP contribution in [-0.4, -0.2) is 17.1 Å². The molecule has 0 amide bonds. The minimum absolute atomic E-state index is 0.554. The number of aryl methyl sites for hydroxylation is 2. The zero-order valence-electron chi connectivity index (χ0n) is 14.7. The Bertz CT molecular complexity index is 762. The first-order valence-electron chi connectivity index (χ1n) is 8.29. The van der Waals surface area contributed by atoms with E-state index < -0.39 is 0 Å². The summed E-state index contributed by atoms with van der Waals surface area (Å²) in [5.41, 5.74) is 4.11. The van der Waals surface area contributed by atoms with Gasteiger partial charge in [-0.1, -0.05) is 19.1 Å². The van der Waals surface area contributed by atoms with Crippen molar-refractivity contribution in [1.82, 2.24) is 9.97 Å². The van der Waals surface area contributed by atoms with Crippen LogP contribution in [0.15, 0.2) is 54.6 Å². The zero-order valence-corrected chi connectivity index (χ0v) is 14.7. The summed E-state index contributed by atoms with van der Waals surface area (Å²) in [5.74, 6) is 2.12. The van der Waals surface area contributed by atoms with E-state index in [0.717, 1.165) is 35.1 Å². The van der Waals surface area contributed by atoms with Crippen molar-refractivity contribution >= 4 is 23.1 Å². The van der Waals surface area contributed by atoms with Crippen molar-refractivity contribution in [3.63, 3.8) is 0 Å². The number of ether oxygens (including phenoxy) is 1. The molecule has 128 valence electrons. The Morgan fingerprint density at radius 3 is 2.16 bits per heavy atom. The molecule has 2 N–H and O–H groups in total. The van der Waals surface area contributed by atoms with Gasteiger partial charge in [0, 0.05) is 23.1 Å². The molecule has 0 unspecified atom stereocenters. The van der Waals surface area contributed by atoms with Crippen molar-refractivity contribution in [3.8, 4) is 5.75 Å². The third kappa shape index (κ3) is 4.47. The normalized spacial score (nSPS) is 10.4. The van der Waals surface area contributed by atoms with Crippen LogP contribution in [-0.2, 0) is 6.42 Å². The zero-order chi connectivity index (χ0) is 17.6. The molecule has 0 saturated heterocycles. The quantitative estimate of drug-likeness (QED) is 0.675. The molecule has 0 fully saturated rings. The molecule has 2 aromatic carbocycles. The Morgan fingerprint density at radius 1 is 0.880 bits per heavy atom. The molecule has 1 aromatic heterocycles. The maximum absolute atomic E-state index is 5.17. The molecule has 3 rings (SSSR count). The fourth-order valence-corrected chi connectivity index (χ4v) is 2.46. The van der Waals surface area contributed by atoms with Gasteiger partial charge in [0.1, 0.15) is 11.6 Å². The van der Waals surface area contributed by atoms with Gasteiger partial charge >= 0.3 is 0 Å². The Balaban J connectivity index is 1.76. The molecule has 0 spiro atoms. The molecule has 0 bridgehead atoms. The molecule has 0 atom stereocenters. The maximum Gasteiger partial charge on any atom is 0.229 e. The molecule has 3 aromatic rings. The number of nitrogens with one attached hydrogen (secondary N) is 2. The topological polar surface area (TPSA) is 59.1 Å². The number of anilines is 4.